The first-order valence-electron chi connectivity index (χ1n) is 6.92. The van der Waals surface area contributed by atoms with Crippen LogP contribution in [0.25, 0.3) is 10.4 Å². The van der Waals surface area contributed by atoms with E-state index in [0.717, 1.165) is 23.4 Å². The molecule has 0 atom stereocenters. The van der Waals surface area contributed by atoms with E-state index in [1.807, 2.05) is 43.4 Å². The zero-order valence-electron chi connectivity index (χ0n) is 12.3. The Labute approximate surface area is 129 Å². The summed E-state index contributed by atoms with van der Waals surface area (Å²) in [4.78, 5) is 13.9. The molecule has 5 heteroatoms. The van der Waals surface area contributed by atoms with E-state index in [9.17, 15) is 4.79 Å². The van der Waals surface area contributed by atoms with E-state index in [2.05, 4.69) is 10.6 Å². The first-order valence-corrected chi connectivity index (χ1v) is 7.74. The summed E-state index contributed by atoms with van der Waals surface area (Å²) < 4.78 is 5.33. The van der Waals surface area contributed by atoms with Crippen LogP contribution in [0, 0.1) is 0 Å². The lowest BCUT2D eigenvalue weighted by Gasteiger charge is -2.04. The van der Waals surface area contributed by atoms with Gasteiger partial charge in [0, 0.05) is 11.4 Å². The summed E-state index contributed by atoms with van der Waals surface area (Å²) in [6.07, 6.45) is 0.904. The lowest BCUT2D eigenvalue weighted by atomic mass is 10.2. The molecule has 0 spiro atoms. The van der Waals surface area contributed by atoms with Gasteiger partial charge in [0.15, 0.2) is 0 Å². The molecule has 0 aliphatic heterocycles. The predicted molar refractivity (Wildman–Crippen MR) is 87.2 cm³/mol. The molecule has 21 heavy (non-hydrogen) atoms. The molecule has 0 aliphatic carbocycles. The molecule has 112 valence electrons. The highest BCUT2D eigenvalue weighted by atomic mass is 32.1. The Kier molecular flexibility index (Phi) is 5.78. The summed E-state index contributed by atoms with van der Waals surface area (Å²) in [6.45, 7) is 1.54. The highest BCUT2D eigenvalue weighted by Crippen LogP contribution is 2.35. The monoisotopic (exact) mass is 304 g/mol. The van der Waals surface area contributed by atoms with Crippen molar-refractivity contribution in [2.75, 3.05) is 27.2 Å². The molecule has 1 heterocycles. The van der Waals surface area contributed by atoms with Gasteiger partial charge in [-0.25, -0.2) is 0 Å². The number of carbonyl (C=O) groups is 1. The molecule has 0 radical (unpaired) electrons. The molecular formula is C16H20N2O2S. The molecule has 0 fully saturated rings. The Hall–Kier alpha value is -1.85. The van der Waals surface area contributed by atoms with E-state index >= 15 is 0 Å². The quantitative estimate of drug-likeness (QED) is 0.773. The van der Waals surface area contributed by atoms with Crippen molar-refractivity contribution in [1.82, 2.24) is 10.6 Å². The molecule has 1 amide bonds. The number of nitrogens with one attached hydrogen (secondary N) is 2. The number of methoxy groups -OCH3 is 1. The van der Waals surface area contributed by atoms with Crippen molar-refractivity contribution < 1.29 is 9.53 Å². The van der Waals surface area contributed by atoms with Crippen molar-refractivity contribution in [1.29, 1.82) is 0 Å². The van der Waals surface area contributed by atoms with Crippen molar-refractivity contribution in [2.45, 2.75) is 6.42 Å². The number of carbonyl (C=O) groups excluding carboxylic acids is 1. The highest BCUT2D eigenvalue weighted by molar-refractivity contribution is 7.17. The summed E-state index contributed by atoms with van der Waals surface area (Å²) >= 11 is 1.46. The fourth-order valence-corrected chi connectivity index (χ4v) is 3.02. The summed E-state index contributed by atoms with van der Waals surface area (Å²) in [5.74, 6) is 0.556. The minimum atomic E-state index is -0.0739. The lowest BCUT2D eigenvalue weighted by Crippen LogP contribution is -2.26. The first kappa shape index (κ1) is 15.5. The van der Waals surface area contributed by atoms with Gasteiger partial charge in [-0.3, -0.25) is 4.79 Å². The Balaban J connectivity index is 2.12. The third-order valence-corrected chi connectivity index (χ3v) is 4.24. The zero-order chi connectivity index (χ0) is 15.1. The number of hydrogen-bond donors (Lipinski definition) is 2. The van der Waals surface area contributed by atoms with Gasteiger partial charge in [-0.2, -0.15) is 0 Å². The maximum absolute atomic E-state index is 12.2. The Bertz CT molecular complexity index is 581. The fourth-order valence-electron chi connectivity index (χ4n) is 1.98. The maximum atomic E-state index is 12.2. The molecule has 0 bridgehead atoms. The normalized spacial score (nSPS) is 10.4. The van der Waals surface area contributed by atoms with Crippen LogP contribution in [0.5, 0.6) is 5.75 Å². The fraction of sp³-hybridized carbons (Fsp3) is 0.312. The van der Waals surface area contributed by atoms with Gasteiger partial charge in [0.25, 0.3) is 5.91 Å². The summed E-state index contributed by atoms with van der Waals surface area (Å²) in [6, 6.07) is 11.9. The van der Waals surface area contributed by atoms with Crippen LogP contribution in [0.3, 0.4) is 0 Å². The Morgan fingerprint density at radius 2 is 2.00 bits per heavy atom. The van der Waals surface area contributed by atoms with Crippen molar-refractivity contribution >= 4 is 17.2 Å². The Morgan fingerprint density at radius 3 is 2.67 bits per heavy atom. The molecular weight excluding hydrogens is 284 g/mol. The lowest BCUT2D eigenvalue weighted by molar-refractivity contribution is 0.0954. The van der Waals surface area contributed by atoms with E-state index in [4.69, 9.17) is 4.74 Å². The van der Waals surface area contributed by atoms with E-state index in [0.29, 0.717) is 17.2 Å². The molecule has 2 aromatic rings. The minimum absolute atomic E-state index is 0.0739. The third kappa shape index (κ3) is 4.06. The standard InChI is InChI=1S/C16H20N2O2S/c1-17-9-6-10-18-16(19)15-13(20-2)11-14(21-15)12-7-4-3-5-8-12/h3-5,7-8,11,17H,6,9-10H2,1-2H3,(H,18,19). The van der Waals surface area contributed by atoms with Gasteiger partial charge in [-0.05, 0) is 31.6 Å². The number of amides is 1. The van der Waals surface area contributed by atoms with Gasteiger partial charge in [-0.1, -0.05) is 30.3 Å². The molecule has 1 aromatic carbocycles. The molecule has 1 aromatic heterocycles. The maximum Gasteiger partial charge on any atom is 0.265 e. The van der Waals surface area contributed by atoms with Crippen LogP contribution in [0.15, 0.2) is 36.4 Å². The minimum Gasteiger partial charge on any atom is -0.495 e. The van der Waals surface area contributed by atoms with Gasteiger partial charge in [0.05, 0.1) is 7.11 Å². The van der Waals surface area contributed by atoms with Crippen LogP contribution in [-0.4, -0.2) is 33.2 Å². The topological polar surface area (TPSA) is 50.4 Å². The Morgan fingerprint density at radius 1 is 1.24 bits per heavy atom. The van der Waals surface area contributed by atoms with E-state index in [1.54, 1.807) is 7.11 Å². The smallest absolute Gasteiger partial charge is 0.265 e. The van der Waals surface area contributed by atoms with Crippen LogP contribution in [0.2, 0.25) is 0 Å². The van der Waals surface area contributed by atoms with Crippen LogP contribution < -0.4 is 15.4 Å². The molecule has 2 N–H and O–H groups in total. The van der Waals surface area contributed by atoms with Crippen LogP contribution in [0.4, 0.5) is 0 Å². The second-order valence-corrected chi connectivity index (χ2v) is 5.64. The number of ether oxygens (including phenoxy) is 1. The van der Waals surface area contributed by atoms with Gasteiger partial charge in [-0.15, -0.1) is 11.3 Å². The molecule has 0 unspecified atom stereocenters. The zero-order valence-corrected chi connectivity index (χ0v) is 13.1. The van der Waals surface area contributed by atoms with E-state index in [1.165, 1.54) is 11.3 Å². The van der Waals surface area contributed by atoms with Crippen molar-refractivity contribution in [3.63, 3.8) is 0 Å². The van der Waals surface area contributed by atoms with Crippen LogP contribution >= 0.6 is 11.3 Å². The summed E-state index contributed by atoms with van der Waals surface area (Å²) in [5.41, 5.74) is 1.09. The van der Waals surface area contributed by atoms with Gasteiger partial charge in [0.1, 0.15) is 10.6 Å². The van der Waals surface area contributed by atoms with E-state index < -0.39 is 0 Å². The number of hydrogen-bond acceptors (Lipinski definition) is 4. The second kappa shape index (κ2) is 7.81. The first-order chi connectivity index (χ1) is 10.3. The van der Waals surface area contributed by atoms with Crippen molar-refractivity contribution in [3.8, 4) is 16.2 Å². The van der Waals surface area contributed by atoms with Gasteiger partial charge >= 0.3 is 0 Å². The molecule has 0 aliphatic rings. The average Bonchev–Trinajstić information content (AvgIpc) is 2.96. The second-order valence-electron chi connectivity index (χ2n) is 4.59. The largest absolute Gasteiger partial charge is 0.495 e. The third-order valence-electron chi connectivity index (χ3n) is 3.07. The molecule has 0 saturated carbocycles. The van der Waals surface area contributed by atoms with Crippen molar-refractivity contribution in [2.24, 2.45) is 0 Å². The number of rotatable bonds is 7. The van der Waals surface area contributed by atoms with Gasteiger partial charge in [0.2, 0.25) is 0 Å². The van der Waals surface area contributed by atoms with Gasteiger partial charge < -0.3 is 15.4 Å². The predicted octanol–water partition coefficient (Wildman–Crippen LogP) is 2.76. The number of thiophene rings is 1. The summed E-state index contributed by atoms with van der Waals surface area (Å²) in [7, 11) is 3.49. The average molecular weight is 304 g/mol. The van der Waals surface area contributed by atoms with E-state index in [-0.39, 0.29) is 5.91 Å². The van der Waals surface area contributed by atoms with Crippen LogP contribution in [0.1, 0.15) is 16.1 Å². The van der Waals surface area contributed by atoms with Crippen molar-refractivity contribution in [3.05, 3.63) is 41.3 Å². The molecule has 2 rings (SSSR count). The molecule has 0 saturated heterocycles. The van der Waals surface area contributed by atoms with Crippen LogP contribution in [-0.2, 0) is 0 Å². The molecule has 4 nitrogen and oxygen atoms in total. The SMILES string of the molecule is CNCCCNC(=O)c1sc(-c2ccccc2)cc1OC. The highest BCUT2D eigenvalue weighted by Gasteiger charge is 2.17. The summed E-state index contributed by atoms with van der Waals surface area (Å²) in [5, 5.41) is 5.98. The number of benzene rings is 1.